The minimum absolute atomic E-state index is 0. The molecule has 1 fully saturated rings. The van der Waals surface area contributed by atoms with E-state index in [-0.39, 0.29) is 30.3 Å². The van der Waals surface area contributed by atoms with Gasteiger partial charge < -0.3 is 5.32 Å². The highest BCUT2D eigenvalue weighted by Gasteiger charge is 2.22. The number of carbonyl (C=O) groups is 1. The molecule has 0 atom stereocenters. The van der Waals surface area contributed by atoms with Crippen LogP contribution < -0.4 is 16.2 Å². The zero-order valence-corrected chi connectivity index (χ0v) is 18.4. The van der Waals surface area contributed by atoms with Crippen molar-refractivity contribution in [3.05, 3.63) is 33.0 Å². The van der Waals surface area contributed by atoms with Gasteiger partial charge in [0.25, 0.3) is 5.56 Å². The lowest BCUT2D eigenvalue weighted by molar-refractivity contribution is -0.115. The minimum atomic E-state index is -0.211. The third kappa shape index (κ3) is 3.97. The lowest BCUT2D eigenvalue weighted by atomic mass is 9.98. The van der Waals surface area contributed by atoms with Crippen LogP contribution in [0.15, 0.2) is 4.79 Å². The molecule has 0 aromatic carbocycles. The molecule has 0 unspecified atom stereocenters. The predicted molar refractivity (Wildman–Crippen MR) is 116 cm³/mol. The van der Waals surface area contributed by atoms with Crippen molar-refractivity contribution in [3.8, 4) is 0 Å². The number of rotatable bonds is 4. The number of H-pyrrole nitrogens is 1. The number of amides is 1. The van der Waals surface area contributed by atoms with E-state index in [1.165, 1.54) is 0 Å². The fourth-order valence-electron chi connectivity index (χ4n) is 4.00. The van der Waals surface area contributed by atoms with Crippen molar-refractivity contribution in [1.29, 1.82) is 0 Å². The van der Waals surface area contributed by atoms with Crippen LogP contribution in [0.2, 0.25) is 0 Å². The van der Waals surface area contributed by atoms with E-state index in [1.54, 1.807) is 23.5 Å². The number of fused-ring (bicyclic) bond motifs is 1. The molecule has 3 N–H and O–H groups in total. The molecule has 162 valence electrons. The summed E-state index contributed by atoms with van der Waals surface area (Å²) in [6.45, 7) is 5.62. The molecule has 0 radical (unpaired) electrons. The summed E-state index contributed by atoms with van der Waals surface area (Å²) in [4.78, 5) is 34.0. The summed E-state index contributed by atoms with van der Waals surface area (Å²) in [5.41, 5.74) is 2.65. The molecule has 0 saturated carbocycles. The van der Waals surface area contributed by atoms with Gasteiger partial charge in [0, 0.05) is 25.7 Å². The molecule has 0 spiro atoms. The smallest absolute Gasteiger partial charge is 0.273 e. The third-order valence-electron chi connectivity index (χ3n) is 5.65. The zero-order chi connectivity index (χ0) is 20.7. The number of hydrogen-bond donors (Lipinski definition) is 3. The van der Waals surface area contributed by atoms with Gasteiger partial charge >= 0.3 is 0 Å². The number of nitrogens with zero attached hydrogens (tertiary/aromatic N) is 5. The summed E-state index contributed by atoms with van der Waals surface area (Å²) in [5.74, 6) is 1.31. The fraction of sp³-hybridized carbons (Fsp3) is 0.526. The number of aryl methyl sites for hydroxylation is 4. The predicted octanol–water partition coefficient (Wildman–Crippen LogP) is 1.08. The van der Waals surface area contributed by atoms with Crippen molar-refractivity contribution in [1.82, 2.24) is 34.8 Å². The Labute approximate surface area is 179 Å². The number of hydrogen-bond acceptors (Lipinski definition) is 6. The molecule has 1 saturated heterocycles. The van der Waals surface area contributed by atoms with Crippen molar-refractivity contribution < 1.29 is 4.79 Å². The number of pyridine rings is 1. The highest BCUT2D eigenvalue weighted by atomic mass is 35.5. The normalized spacial score (nSPS) is 14.7. The SMILES string of the molecule is Cc1nc2c(c(C)c1CC(=O)Nc1nc(C3CCNCC3)nn1C)c(=O)[nH]n2C.Cl. The van der Waals surface area contributed by atoms with Gasteiger partial charge in [-0.05, 0) is 50.9 Å². The Balaban J connectivity index is 0.00000256. The Kier molecular flexibility index (Phi) is 6.27. The van der Waals surface area contributed by atoms with E-state index >= 15 is 0 Å². The van der Waals surface area contributed by atoms with Crippen LogP contribution in [0.1, 0.15) is 41.4 Å². The second kappa shape index (κ2) is 8.57. The molecule has 11 heteroatoms. The van der Waals surface area contributed by atoms with Gasteiger partial charge in [0.15, 0.2) is 11.5 Å². The van der Waals surface area contributed by atoms with E-state index in [1.807, 2.05) is 13.8 Å². The van der Waals surface area contributed by atoms with Crippen LogP contribution in [0, 0.1) is 13.8 Å². The Hall–Kier alpha value is -2.72. The Morgan fingerprint density at radius 1 is 1.20 bits per heavy atom. The molecule has 30 heavy (non-hydrogen) atoms. The molecule has 1 aliphatic rings. The van der Waals surface area contributed by atoms with Gasteiger partial charge in [0.05, 0.1) is 11.8 Å². The highest BCUT2D eigenvalue weighted by molar-refractivity contribution is 5.92. The Bertz CT molecular complexity index is 1140. The first-order valence-corrected chi connectivity index (χ1v) is 9.81. The van der Waals surface area contributed by atoms with E-state index in [9.17, 15) is 9.59 Å². The van der Waals surface area contributed by atoms with Crippen molar-refractivity contribution in [2.75, 3.05) is 18.4 Å². The summed E-state index contributed by atoms with van der Waals surface area (Å²) >= 11 is 0. The van der Waals surface area contributed by atoms with Gasteiger partial charge in [-0.1, -0.05) is 0 Å². The van der Waals surface area contributed by atoms with Gasteiger partial charge in [-0.3, -0.25) is 24.7 Å². The number of aromatic amines is 1. The summed E-state index contributed by atoms with van der Waals surface area (Å²) in [7, 11) is 3.52. The molecule has 3 aromatic rings. The summed E-state index contributed by atoms with van der Waals surface area (Å²) in [6.07, 6.45) is 2.10. The van der Waals surface area contributed by atoms with Gasteiger partial charge in [-0.25, -0.2) is 9.67 Å². The fourth-order valence-corrected chi connectivity index (χ4v) is 4.00. The average molecular weight is 435 g/mol. The van der Waals surface area contributed by atoms with Crippen molar-refractivity contribution in [3.63, 3.8) is 0 Å². The van der Waals surface area contributed by atoms with Crippen molar-refractivity contribution in [2.45, 2.75) is 39.0 Å². The minimum Gasteiger partial charge on any atom is -0.317 e. The number of aromatic nitrogens is 6. The molecule has 3 aromatic heterocycles. The van der Waals surface area contributed by atoms with Gasteiger partial charge in [-0.2, -0.15) is 10.1 Å². The summed E-state index contributed by atoms with van der Waals surface area (Å²) < 4.78 is 3.21. The van der Waals surface area contributed by atoms with E-state index in [0.29, 0.717) is 22.9 Å². The van der Waals surface area contributed by atoms with E-state index in [4.69, 9.17) is 0 Å². The molecular weight excluding hydrogens is 408 g/mol. The van der Waals surface area contributed by atoms with Crippen LogP contribution in [0.4, 0.5) is 5.95 Å². The second-order valence-electron chi connectivity index (χ2n) is 7.67. The van der Waals surface area contributed by atoms with Gasteiger partial charge in [-0.15, -0.1) is 12.4 Å². The summed E-state index contributed by atoms with van der Waals surface area (Å²) in [5, 5.41) is 13.9. The number of nitrogens with one attached hydrogen (secondary N) is 3. The van der Waals surface area contributed by atoms with E-state index in [0.717, 1.165) is 48.6 Å². The second-order valence-corrected chi connectivity index (χ2v) is 7.67. The maximum atomic E-state index is 12.7. The average Bonchev–Trinajstić information content (AvgIpc) is 3.18. The maximum absolute atomic E-state index is 12.7. The third-order valence-corrected chi connectivity index (χ3v) is 5.65. The van der Waals surface area contributed by atoms with Gasteiger partial charge in [0.2, 0.25) is 11.9 Å². The monoisotopic (exact) mass is 434 g/mol. The first-order valence-electron chi connectivity index (χ1n) is 9.81. The summed E-state index contributed by atoms with van der Waals surface area (Å²) in [6, 6.07) is 0. The maximum Gasteiger partial charge on any atom is 0.273 e. The van der Waals surface area contributed by atoms with Crippen LogP contribution in [0.25, 0.3) is 11.0 Å². The number of anilines is 1. The topological polar surface area (TPSA) is 123 Å². The van der Waals surface area contributed by atoms with Crippen LogP contribution in [0.5, 0.6) is 0 Å². The molecule has 4 heterocycles. The lowest BCUT2D eigenvalue weighted by Gasteiger charge is -2.19. The molecule has 1 aliphatic heterocycles. The molecule has 0 bridgehead atoms. The van der Waals surface area contributed by atoms with Crippen LogP contribution in [-0.2, 0) is 25.3 Å². The molecule has 1 amide bonds. The quantitative estimate of drug-likeness (QED) is 0.564. The van der Waals surface area contributed by atoms with E-state index in [2.05, 4.69) is 30.8 Å². The molecular formula is C19H27ClN8O2. The van der Waals surface area contributed by atoms with E-state index < -0.39 is 0 Å². The highest BCUT2D eigenvalue weighted by Crippen LogP contribution is 2.24. The Morgan fingerprint density at radius 2 is 1.90 bits per heavy atom. The van der Waals surface area contributed by atoms with Crippen LogP contribution >= 0.6 is 12.4 Å². The van der Waals surface area contributed by atoms with Gasteiger partial charge in [0.1, 0.15) is 0 Å². The van der Waals surface area contributed by atoms with Crippen LogP contribution in [0.3, 0.4) is 0 Å². The molecule has 0 aliphatic carbocycles. The lowest BCUT2D eigenvalue weighted by Crippen LogP contribution is -2.27. The first-order chi connectivity index (χ1) is 13.8. The zero-order valence-electron chi connectivity index (χ0n) is 17.6. The first kappa shape index (κ1) is 22.0. The number of piperidine rings is 1. The molecule has 4 rings (SSSR count). The van der Waals surface area contributed by atoms with Crippen molar-refractivity contribution >= 4 is 35.3 Å². The number of carbonyl (C=O) groups excluding carboxylic acids is 1. The standard InChI is InChI=1S/C19H26N8O2.ClH/c1-10-13(11(2)21-17-15(10)18(29)25-26(17)3)9-14(28)22-19-23-16(24-27(19)4)12-5-7-20-8-6-12;/h12,20H,5-9H2,1-4H3,(H,25,29)(H,22,23,24,28);1H. The van der Waals surface area contributed by atoms with Crippen LogP contribution in [-0.4, -0.2) is 48.5 Å². The number of halogens is 1. The Morgan fingerprint density at radius 3 is 2.60 bits per heavy atom. The largest absolute Gasteiger partial charge is 0.317 e. The van der Waals surface area contributed by atoms with Crippen molar-refractivity contribution in [2.24, 2.45) is 14.1 Å². The molecule has 10 nitrogen and oxygen atoms in total.